The Hall–Kier alpha value is -0.650. The van der Waals surface area contributed by atoms with E-state index in [1.54, 1.807) is 0 Å². The van der Waals surface area contributed by atoms with Crippen molar-refractivity contribution in [3.05, 3.63) is 0 Å². The molecule has 0 aromatic rings. The van der Waals surface area contributed by atoms with Gasteiger partial charge in [-0.2, -0.15) is 0 Å². The predicted molar refractivity (Wildman–Crippen MR) is 86.8 cm³/mol. The molecule has 0 radical (unpaired) electrons. The third-order valence-corrected chi connectivity index (χ3v) is 5.95. The standard InChI is InChI=1S/C17H31N3O2/c1-22-14-6-11-20(12-7-14)17(8-2-3-9-17)13-19-16(21)15-5-4-10-18-15/h14-15,18H,2-13H2,1H3,(H,19,21). The number of nitrogens with one attached hydrogen (secondary N) is 2. The van der Waals surface area contributed by atoms with E-state index >= 15 is 0 Å². The first-order chi connectivity index (χ1) is 10.7. The second-order valence-corrected chi connectivity index (χ2v) is 7.22. The van der Waals surface area contributed by atoms with Gasteiger partial charge in [-0.25, -0.2) is 0 Å². The number of amides is 1. The maximum atomic E-state index is 12.3. The topological polar surface area (TPSA) is 53.6 Å². The van der Waals surface area contributed by atoms with Crippen LogP contribution in [0.3, 0.4) is 0 Å². The fourth-order valence-corrected chi connectivity index (χ4v) is 4.49. The SMILES string of the molecule is COC1CCN(C2(CNC(=O)C3CCCN3)CCCC2)CC1. The van der Waals surface area contributed by atoms with Crippen LogP contribution in [0.4, 0.5) is 0 Å². The predicted octanol–water partition coefficient (Wildman–Crippen LogP) is 1.28. The number of hydrogen-bond acceptors (Lipinski definition) is 4. The van der Waals surface area contributed by atoms with Crippen LogP contribution in [0.5, 0.6) is 0 Å². The lowest BCUT2D eigenvalue weighted by Crippen LogP contribution is -2.58. The second kappa shape index (κ2) is 7.28. The minimum absolute atomic E-state index is 0.0395. The number of likely N-dealkylation sites (tertiary alicyclic amines) is 1. The van der Waals surface area contributed by atoms with Crippen molar-refractivity contribution >= 4 is 5.91 Å². The van der Waals surface area contributed by atoms with Gasteiger partial charge in [-0.1, -0.05) is 12.8 Å². The van der Waals surface area contributed by atoms with Gasteiger partial charge in [0.25, 0.3) is 0 Å². The van der Waals surface area contributed by atoms with Gasteiger partial charge in [0.1, 0.15) is 0 Å². The average molecular weight is 309 g/mol. The molecule has 1 atom stereocenters. The summed E-state index contributed by atoms with van der Waals surface area (Å²) in [6, 6.07) is 0.0395. The molecule has 2 heterocycles. The molecule has 0 aromatic carbocycles. The Morgan fingerprint density at radius 1 is 1.23 bits per heavy atom. The van der Waals surface area contributed by atoms with Gasteiger partial charge in [0.15, 0.2) is 0 Å². The van der Waals surface area contributed by atoms with Crippen LogP contribution < -0.4 is 10.6 Å². The van der Waals surface area contributed by atoms with Crippen molar-refractivity contribution in [3.63, 3.8) is 0 Å². The lowest BCUT2D eigenvalue weighted by Gasteiger charge is -2.45. The average Bonchev–Trinajstić information content (AvgIpc) is 3.25. The summed E-state index contributed by atoms with van der Waals surface area (Å²) < 4.78 is 5.50. The van der Waals surface area contributed by atoms with Crippen molar-refractivity contribution in [2.45, 2.75) is 69.1 Å². The number of rotatable bonds is 5. The van der Waals surface area contributed by atoms with Crippen molar-refractivity contribution in [2.24, 2.45) is 0 Å². The Morgan fingerprint density at radius 2 is 1.95 bits per heavy atom. The van der Waals surface area contributed by atoms with E-state index < -0.39 is 0 Å². The molecular weight excluding hydrogens is 278 g/mol. The lowest BCUT2D eigenvalue weighted by molar-refractivity contribution is -0.123. The Kier molecular flexibility index (Phi) is 5.37. The molecule has 22 heavy (non-hydrogen) atoms. The van der Waals surface area contributed by atoms with Crippen molar-refractivity contribution in [1.29, 1.82) is 0 Å². The summed E-state index contributed by atoms with van der Waals surface area (Å²) in [6.45, 7) is 4.02. The van der Waals surface area contributed by atoms with Crippen LogP contribution in [0.2, 0.25) is 0 Å². The van der Waals surface area contributed by atoms with E-state index in [0.29, 0.717) is 6.10 Å². The Labute approximate surface area is 134 Å². The van der Waals surface area contributed by atoms with Gasteiger partial charge in [0.05, 0.1) is 12.1 Å². The van der Waals surface area contributed by atoms with Crippen LogP contribution in [-0.2, 0) is 9.53 Å². The number of carbonyl (C=O) groups excluding carboxylic acids is 1. The molecule has 1 amide bonds. The highest BCUT2D eigenvalue weighted by molar-refractivity contribution is 5.82. The van der Waals surface area contributed by atoms with Crippen molar-refractivity contribution in [1.82, 2.24) is 15.5 Å². The molecule has 1 unspecified atom stereocenters. The minimum Gasteiger partial charge on any atom is -0.381 e. The zero-order valence-corrected chi connectivity index (χ0v) is 13.9. The van der Waals surface area contributed by atoms with Crippen LogP contribution >= 0.6 is 0 Å². The lowest BCUT2D eigenvalue weighted by atomic mass is 9.91. The summed E-state index contributed by atoms with van der Waals surface area (Å²) in [5.74, 6) is 0.204. The molecule has 1 aliphatic carbocycles. The Balaban J connectivity index is 1.56. The molecule has 0 aromatic heterocycles. The summed E-state index contributed by atoms with van der Waals surface area (Å²) in [6.07, 6.45) is 9.81. The highest BCUT2D eigenvalue weighted by Crippen LogP contribution is 2.36. The van der Waals surface area contributed by atoms with Crippen LogP contribution in [0.25, 0.3) is 0 Å². The van der Waals surface area contributed by atoms with Crippen LogP contribution in [0.1, 0.15) is 51.4 Å². The maximum Gasteiger partial charge on any atom is 0.237 e. The quantitative estimate of drug-likeness (QED) is 0.803. The van der Waals surface area contributed by atoms with Gasteiger partial charge in [-0.15, -0.1) is 0 Å². The first kappa shape index (κ1) is 16.2. The van der Waals surface area contributed by atoms with Gasteiger partial charge in [0.2, 0.25) is 5.91 Å². The van der Waals surface area contributed by atoms with E-state index in [1.807, 2.05) is 7.11 Å². The molecule has 2 saturated heterocycles. The fraction of sp³-hybridized carbons (Fsp3) is 0.941. The zero-order chi connectivity index (χ0) is 15.4. The van der Waals surface area contributed by atoms with E-state index in [4.69, 9.17) is 4.74 Å². The monoisotopic (exact) mass is 309 g/mol. The Bertz CT molecular complexity index is 368. The highest BCUT2D eigenvalue weighted by Gasteiger charge is 2.41. The number of hydrogen-bond donors (Lipinski definition) is 2. The molecule has 5 heteroatoms. The molecule has 0 bridgehead atoms. The summed E-state index contributed by atoms with van der Waals surface area (Å²) in [5, 5.41) is 6.55. The van der Waals surface area contributed by atoms with Crippen molar-refractivity contribution < 1.29 is 9.53 Å². The minimum atomic E-state index is 0.0395. The molecule has 2 N–H and O–H groups in total. The molecule has 3 rings (SSSR count). The molecule has 1 saturated carbocycles. The third-order valence-electron chi connectivity index (χ3n) is 5.95. The van der Waals surface area contributed by atoms with E-state index in [-0.39, 0.29) is 17.5 Å². The number of carbonyl (C=O) groups is 1. The third kappa shape index (κ3) is 3.47. The summed E-state index contributed by atoms with van der Waals surface area (Å²) >= 11 is 0. The Morgan fingerprint density at radius 3 is 2.55 bits per heavy atom. The number of ether oxygens (including phenoxy) is 1. The summed E-state index contributed by atoms with van der Waals surface area (Å²) in [4.78, 5) is 15.0. The van der Waals surface area contributed by atoms with Gasteiger partial charge in [-0.3, -0.25) is 9.69 Å². The first-order valence-electron chi connectivity index (χ1n) is 9.02. The van der Waals surface area contributed by atoms with Gasteiger partial charge < -0.3 is 15.4 Å². The number of methoxy groups -OCH3 is 1. The maximum absolute atomic E-state index is 12.3. The number of piperidine rings is 1. The second-order valence-electron chi connectivity index (χ2n) is 7.22. The highest BCUT2D eigenvalue weighted by atomic mass is 16.5. The van der Waals surface area contributed by atoms with Crippen LogP contribution in [0.15, 0.2) is 0 Å². The van der Waals surface area contributed by atoms with Crippen molar-refractivity contribution in [2.75, 3.05) is 33.3 Å². The fourth-order valence-electron chi connectivity index (χ4n) is 4.49. The summed E-state index contributed by atoms with van der Waals surface area (Å²) in [5.41, 5.74) is 0.201. The molecule has 2 aliphatic heterocycles. The molecule has 3 fully saturated rings. The molecule has 5 nitrogen and oxygen atoms in total. The van der Waals surface area contributed by atoms with Gasteiger partial charge in [-0.05, 0) is 45.1 Å². The molecule has 3 aliphatic rings. The first-order valence-corrected chi connectivity index (χ1v) is 9.02. The van der Waals surface area contributed by atoms with Crippen LogP contribution in [-0.4, -0.2) is 61.8 Å². The van der Waals surface area contributed by atoms with Crippen molar-refractivity contribution in [3.8, 4) is 0 Å². The number of nitrogens with zero attached hydrogens (tertiary/aromatic N) is 1. The normalized spacial score (nSPS) is 29.8. The molecule has 126 valence electrons. The van der Waals surface area contributed by atoms with Crippen LogP contribution in [0, 0.1) is 0 Å². The molecular formula is C17H31N3O2. The van der Waals surface area contributed by atoms with Gasteiger partial charge >= 0.3 is 0 Å². The van der Waals surface area contributed by atoms with E-state index in [1.165, 1.54) is 25.7 Å². The molecule has 0 spiro atoms. The zero-order valence-electron chi connectivity index (χ0n) is 13.9. The van der Waals surface area contributed by atoms with E-state index in [9.17, 15) is 4.79 Å². The summed E-state index contributed by atoms with van der Waals surface area (Å²) in [7, 11) is 1.82. The van der Waals surface area contributed by atoms with E-state index in [2.05, 4.69) is 15.5 Å². The largest absolute Gasteiger partial charge is 0.381 e. The smallest absolute Gasteiger partial charge is 0.237 e. The van der Waals surface area contributed by atoms with E-state index in [0.717, 1.165) is 51.9 Å². The van der Waals surface area contributed by atoms with Gasteiger partial charge in [0, 0.05) is 32.3 Å².